The summed E-state index contributed by atoms with van der Waals surface area (Å²) in [6.07, 6.45) is 1.81. The molecule has 2 unspecified atom stereocenters. The zero-order chi connectivity index (χ0) is 11.3. The third kappa shape index (κ3) is 3.82. The van der Waals surface area contributed by atoms with Crippen molar-refractivity contribution in [3.05, 3.63) is 0 Å². The van der Waals surface area contributed by atoms with E-state index >= 15 is 0 Å². The van der Waals surface area contributed by atoms with Gasteiger partial charge in [0.2, 0.25) is 5.91 Å². The minimum absolute atomic E-state index is 0.315. The van der Waals surface area contributed by atoms with E-state index in [2.05, 4.69) is 26.1 Å². The summed E-state index contributed by atoms with van der Waals surface area (Å²) in [5.74, 6) is 1.74. The first kappa shape index (κ1) is 12.5. The molecule has 1 N–H and O–H groups in total. The van der Waals surface area contributed by atoms with Gasteiger partial charge in [0.15, 0.2) is 0 Å². The molecule has 1 rings (SSSR count). The highest BCUT2D eigenvalue weighted by Gasteiger charge is 2.25. The highest BCUT2D eigenvalue weighted by atomic mass is 16.2. The number of carbonyl (C=O) groups excluding carboxylic acids is 1. The fourth-order valence-corrected chi connectivity index (χ4v) is 2.02. The number of piperidine rings is 1. The van der Waals surface area contributed by atoms with Crippen molar-refractivity contribution in [2.75, 3.05) is 26.2 Å². The lowest BCUT2D eigenvalue weighted by Gasteiger charge is -2.35. The molecule has 3 nitrogen and oxygen atoms in total. The first-order chi connectivity index (χ1) is 7.15. The highest BCUT2D eigenvalue weighted by Crippen LogP contribution is 2.22. The zero-order valence-corrected chi connectivity index (χ0v) is 10.3. The van der Waals surface area contributed by atoms with Crippen LogP contribution in [0.5, 0.6) is 0 Å². The average Bonchev–Trinajstić information content (AvgIpc) is 2.22. The molecule has 0 radical (unpaired) electrons. The van der Waals surface area contributed by atoms with Gasteiger partial charge < -0.3 is 10.2 Å². The fraction of sp³-hybridized carbons (Fsp3) is 0.917. The van der Waals surface area contributed by atoms with E-state index in [1.54, 1.807) is 0 Å². The predicted molar refractivity (Wildman–Crippen MR) is 62.7 cm³/mol. The standard InChI is InChI=1S/C12H24N2O/c1-4-13-7-5-12(15)14-8-6-10(2)11(3)9-14/h10-11,13H,4-9H2,1-3H3. The van der Waals surface area contributed by atoms with Gasteiger partial charge in [0.05, 0.1) is 0 Å². The van der Waals surface area contributed by atoms with Crippen LogP contribution in [0.3, 0.4) is 0 Å². The van der Waals surface area contributed by atoms with Crippen molar-refractivity contribution < 1.29 is 4.79 Å². The maximum absolute atomic E-state index is 11.8. The first-order valence-corrected chi connectivity index (χ1v) is 6.13. The van der Waals surface area contributed by atoms with E-state index in [4.69, 9.17) is 0 Å². The summed E-state index contributed by atoms with van der Waals surface area (Å²) in [6.45, 7) is 10.3. The normalized spacial score (nSPS) is 26.7. The molecule has 88 valence electrons. The van der Waals surface area contributed by atoms with Crippen molar-refractivity contribution in [1.82, 2.24) is 10.2 Å². The predicted octanol–water partition coefficient (Wildman–Crippen LogP) is 1.49. The van der Waals surface area contributed by atoms with E-state index in [9.17, 15) is 4.79 Å². The van der Waals surface area contributed by atoms with E-state index in [1.807, 2.05) is 4.90 Å². The number of nitrogens with zero attached hydrogens (tertiary/aromatic N) is 1. The molecule has 0 aromatic heterocycles. The maximum Gasteiger partial charge on any atom is 0.223 e. The number of likely N-dealkylation sites (tertiary alicyclic amines) is 1. The Kier molecular flexibility index (Phi) is 5.09. The van der Waals surface area contributed by atoms with E-state index in [-0.39, 0.29) is 0 Å². The number of hydrogen-bond donors (Lipinski definition) is 1. The molecular weight excluding hydrogens is 188 g/mol. The number of nitrogens with one attached hydrogen (secondary N) is 1. The Morgan fingerprint density at radius 1 is 1.40 bits per heavy atom. The Balaban J connectivity index is 2.28. The van der Waals surface area contributed by atoms with E-state index in [0.717, 1.165) is 38.5 Å². The molecule has 15 heavy (non-hydrogen) atoms. The molecule has 1 saturated heterocycles. The Morgan fingerprint density at radius 2 is 2.13 bits per heavy atom. The Morgan fingerprint density at radius 3 is 2.73 bits per heavy atom. The van der Waals surface area contributed by atoms with E-state index in [0.29, 0.717) is 18.2 Å². The van der Waals surface area contributed by atoms with Crippen LogP contribution in [-0.2, 0) is 4.79 Å². The van der Waals surface area contributed by atoms with Gasteiger partial charge >= 0.3 is 0 Å². The lowest BCUT2D eigenvalue weighted by Crippen LogP contribution is -2.42. The molecule has 0 spiro atoms. The van der Waals surface area contributed by atoms with Crippen LogP contribution in [0, 0.1) is 11.8 Å². The number of carbonyl (C=O) groups is 1. The maximum atomic E-state index is 11.8. The quantitative estimate of drug-likeness (QED) is 0.716. The fourth-order valence-electron chi connectivity index (χ4n) is 2.02. The van der Waals surface area contributed by atoms with E-state index < -0.39 is 0 Å². The lowest BCUT2D eigenvalue weighted by atomic mass is 9.88. The molecule has 1 heterocycles. The lowest BCUT2D eigenvalue weighted by molar-refractivity contribution is -0.133. The number of hydrogen-bond acceptors (Lipinski definition) is 2. The zero-order valence-electron chi connectivity index (χ0n) is 10.3. The van der Waals surface area contributed by atoms with Gasteiger partial charge in [-0.1, -0.05) is 20.8 Å². The van der Waals surface area contributed by atoms with Gasteiger partial charge in [0.1, 0.15) is 0 Å². The second-order valence-electron chi connectivity index (χ2n) is 4.69. The van der Waals surface area contributed by atoms with Crippen molar-refractivity contribution >= 4 is 5.91 Å². The minimum Gasteiger partial charge on any atom is -0.342 e. The van der Waals surface area contributed by atoms with Gasteiger partial charge in [-0.2, -0.15) is 0 Å². The average molecular weight is 212 g/mol. The van der Waals surface area contributed by atoms with Gasteiger partial charge in [-0.15, -0.1) is 0 Å². The largest absolute Gasteiger partial charge is 0.342 e. The summed E-state index contributed by atoms with van der Waals surface area (Å²) in [5.41, 5.74) is 0. The van der Waals surface area contributed by atoms with Crippen molar-refractivity contribution in [3.63, 3.8) is 0 Å². The molecule has 0 bridgehead atoms. The molecular formula is C12H24N2O. The monoisotopic (exact) mass is 212 g/mol. The SMILES string of the molecule is CCNCCC(=O)N1CCC(C)C(C)C1. The topological polar surface area (TPSA) is 32.3 Å². The summed E-state index contributed by atoms with van der Waals surface area (Å²) in [6, 6.07) is 0. The summed E-state index contributed by atoms with van der Waals surface area (Å²) < 4.78 is 0. The highest BCUT2D eigenvalue weighted by molar-refractivity contribution is 5.76. The second kappa shape index (κ2) is 6.11. The van der Waals surface area contributed by atoms with Crippen molar-refractivity contribution in [3.8, 4) is 0 Å². The molecule has 1 aliphatic rings. The van der Waals surface area contributed by atoms with Gasteiger partial charge in [-0.3, -0.25) is 4.79 Å². The second-order valence-corrected chi connectivity index (χ2v) is 4.69. The Bertz CT molecular complexity index is 206. The van der Waals surface area contributed by atoms with Crippen LogP contribution in [0.2, 0.25) is 0 Å². The summed E-state index contributed by atoms with van der Waals surface area (Å²) in [4.78, 5) is 13.8. The molecule has 1 amide bonds. The van der Waals surface area contributed by atoms with Crippen LogP contribution in [0.1, 0.15) is 33.6 Å². The molecule has 0 saturated carbocycles. The minimum atomic E-state index is 0.315. The molecule has 1 fully saturated rings. The Labute approximate surface area is 93.2 Å². The van der Waals surface area contributed by atoms with Crippen molar-refractivity contribution in [1.29, 1.82) is 0 Å². The van der Waals surface area contributed by atoms with Gasteiger partial charge in [0, 0.05) is 26.1 Å². The molecule has 3 heteroatoms. The molecule has 0 aliphatic carbocycles. The molecule has 0 aromatic rings. The molecule has 2 atom stereocenters. The van der Waals surface area contributed by atoms with Gasteiger partial charge in [-0.25, -0.2) is 0 Å². The molecule has 1 aliphatic heterocycles. The summed E-state index contributed by atoms with van der Waals surface area (Å²) >= 11 is 0. The van der Waals surface area contributed by atoms with Crippen LogP contribution in [0.25, 0.3) is 0 Å². The van der Waals surface area contributed by atoms with Crippen LogP contribution >= 0.6 is 0 Å². The van der Waals surface area contributed by atoms with Gasteiger partial charge in [-0.05, 0) is 24.8 Å². The van der Waals surface area contributed by atoms with Crippen LogP contribution in [-0.4, -0.2) is 37.0 Å². The van der Waals surface area contributed by atoms with Crippen LogP contribution in [0.15, 0.2) is 0 Å². The summed E-state index contributed by atoms with van der Waals surface area (Å²) in [7, 11) is 0. The third-order valence-electron chi connectivity index (χ3n) is 3.45. The van der Waals surface area contributed by atoms with Crippen molar-refractivity contribution in [2.24, 2.45) is 11.8 Å². The molecule has 0 aromatic carbocycles. The first-order valence-electron chi connectivity index (χ1n) is 6.13. The summed E-state index contributed by atoms with van der Waals surface area (Å²) in [5, 5.41) is 3.19. The smallest absolute Gasteiger partial charge is 0.223 e. The number of amides is 1. The third-order valence-corrected chi connectivity index (χ3v) is 3.45. The van der Waals surface area contributed by atoms with Crippen LogP contribution in [0.4, 0.5) is 0 Å². The van der Waals surface area contributed by atoms with Crippen molar-refractivity contribution in [2.45, 2.75) is 33.6 Å². The Hall–Kier alpha value is -0.570. The van der Waals surface area contributed by atoms with Crippen LogP contribution < -0.4 is 5.32 Å². The van der Waals surface area contributed by atoms with Gasteiger partial charge in [0.25, 0.3) is 0 Å². The van der Waals surface area contributed by atoms with E-state index in [1.165, 1.54) is 0 Å². The number of rotatable bonds is 4.